The number of hydrogen-bond donors (Lipinski definition) is 0. The van der Waals surface area contributed by atoms with Gasteiger partial charge in [0.1, 0.15) is 0 Å². The SMILES string of the molecule is CC.CC1CCN(C2CCC(c3ccccc3)CC2)C1. The molecule has 1 heteroatoms. The summed E-state index contributed by atoms with van der Waals surface area (Å²) >= 11 is 0. The van der Waals surface area contributed by atoms with Crippen molar-refractivity contribution in [2.45, 2.75) is 64.8 Å². The van der Waals surface area contributed by atoms with Crippen molar-refractivity contribution < 1.29 is 0 Å². The molecule has 0 bridgehead atoms. The maximum absolute atomic E-state index is 2.76. The molecule has 112 valence electrons. The average Bonchev–Trinajstić information content (AvgIpc) is 2.97. The number of rotatable bonds is 2. The van der Waals surface area contributed by atoms with Gasteiger partial charge < -0.3 is 4.90 Å². The van der Waals surface area contributed by atoms with Crippen LogP contribution >= 0.6 is 0 Å². The van der Waals surface area contributed by atoms with Crippen LogP contribution in [0.15, 0.2) is 30.3 Å². The van der Waals surface area contributed by atoms with Gasteiger partial charge in [-0.2, -0.15) is 0 Å². The van der Waals surface area contributed by atoms with E-state index in [1.54, 1.807) is 5.56 Å². The molecular weight excluding hydrogens is 242 g/mol. The van der Waals surface area contributed by atoms with Gasteiger partial charge in [-0.1, -0.05) is 51.1 Å². The molecular formula is C19H31N. The molecule has 1 saturated carbocycles. The van der Waals surface area contributed by atoms with E-state index in [1.807, 2.05) is 13.8 Å². The van der Waals surface area contributed by atoms with Gasteiger partial charge in [-0.05, 0) is 56.0 Å². The molecule has 1 saturated heterocycles. The molecule has 1 unspecified atom stereocenters. The Morgan fingerprint density at radius 3 is 2.10 bits per heavy atom. The standard InChI is InChI=1S/C17H25N.C2H6/c1-14-11-12-18(13-14)17-9-7-16(8-10-17)15-5-3-2-4-6-15;1-2/h2-6,14,16-17H,7-13H2,1H3;1-2H3. The molecule has 1 aliphatic carbocycles. The molecule has 20 heavy (non-hydrogen) atoms. The van der Waals surface area contributed by atoms with Gasteiger partial charge in [-0.25, -0.2) is 0 Å². The van der Waals surface area contributed by atoms with Crippen LogP contribution in [0.3, 0.4) is 0 Å². The van der Waals surface area contributed by atoms with Crippen LogP contribution in [0.4, 0.5) is 0 Å². The first-order chi connectivity index (χ1) is 9.83. The normalized spacial score (nSPS) is 30.6. The second-order valence-electron chi connectivity index (χ2n) is 6.30. The average molecular weight is 273 g/mol. The Bertz CT molecular complexity index is 365. The molecule has 1 aliphatic heterocycles. The van der Waals surface area contributed by atoms with E-state index in [0.29, 0.717) is 0 Å². The fourth-order valence-electron chi connectivity index (χ4n) is 3.80. The second-order valence-corrected chi connectivity index (χ2v) is 6.30. The maximum atomic E-state index is 2.76. The highest BCUT2D eigenvalue weighted by Crippen LogP contribution is 2.36. The van der Waals surface area contributed by atoms with E-state index in [2.05, 4.69) is 42.2 Å². The molecule has 2 fully saturated rings. The Labute approximate surface area is 125 Å². The van der Waals surface area contributed by atoms with Crippen LogP contribution in [-0.2, 0) is 0 Å². The van der Waals surface area contributed by atoms with Gasteiger partial charge in [0.2, 0.25) is 0 Å². The minimum atomic E-state index is 0.822. The van der Waals surface area contributed by atoms with Gasteiger partial charge in [0.25, 0.3) is 0 Å². The Hall–Kier alpha value is -0.820. The van der Waals surface area contributed by atoms with E-state index < -0.39 is 0 Å². The molecule has 1 nitrogen and oxygen atoms in total. The van der Waals surface area contributed by atoms with E-state index >= 15 is 0 Å². The van der Waals surface area contributed by atoms with Crippen LogP contribution in [0, 0.1) is 5.92 Å². The van der Waals surface area contributed by atoms with Crippen LogP contribution in [-0.4, -0.2) is 24.0 Å². The fourth-order valence-corrected chi connectivity index (χ4v) is 3.80. The lowest BCUT2D eigenvalue weighted by molar-refractivity contribution is 0.177. The summed E-state index contributed by atoms with van der Waals surface area (Å²) in [5.74, 6) is 1.75. The van der Waals surface area contributed by atoms with Crippen LogP contribution in [0.2, 0.25) is 0 Å². The smallest absolute Gasteiger partial charge is 0.00958 e. The third-order valence-electron chi connectivity index (χ3n) is 4.94. The topological polar surface area (TPSA) is 3.24 Å². The third kappa shape index (κ3) is 3.85. The second kappa shape index (κ2) is 7.83. The summed E-state index contributed by atoms with van der Waals surface area (Å²) in [4.78, 5) is 2.76. The molecule has 0 amide bonds. The minimum absolute atomic E-state index is 0.822. The summed E-state index contributed by atoms with van der Waals surface area (Å²) in [5, 5.41) is 0. The van der Waals surface area contributed by atoms with Gasteiger partial charge in [0, 0.05) is 12.6 Å². The summed E-state index contributed by atoms with van der Waals surface area (Å²) in [6.07, 6.45) is 7.01. The zero-order valence-electron chi connectivity index (χ0n) is 13.5. The number of benzene rings is 1. The van der Waals surface area contributed by atoms with Crippen molar-refractivity contribution in [1.29, 1.82) is 0 Å². The molecule has 1 heterocycles. The Balaban J connectivity index is 0.000000704. The monoisotopic (exact) mass is 273 g/mol. The van der Waals surface area contributed by atoms with Crippen LogP contribution in [0.25, 0.3) is 0 Å². The van der Waals surface area contributed by atoms with E-state index in [-0.39, 0.29) is 0 Å². The largest absolute Gasteiger partial charge is 0.300 e. The summed E-state index contributed by atoms with van der Waals surface area (Å²) < 4.78 is 0. The van der Waals surface area contributed by atoms with Crippen molar-refractivity contribution in [2.75, 3.05) is 13.1 Å². The first-order valence-electron chi connectivity index (χ1n) is 8.62. The highest BCUT2D eigenvalue weighted by molar-refractivity contribution is 5.20. The van der Waals surface area contributed by atoms with Gasteiger partial charge in [0.05, 0.1) is 0 Å². The summed E-state index contributed by atoms with van der Waals surface area (Å²) in [6.45, 7) is 9.10. The predicted octanol–water partition coefficient (Wildman–Crippen LogP) is 5.08. The molecule has 0 N–H and O–H groups in total. The number of nitrogens with zero attached hydrogens (tertiary/aromatic N) is 1. The maximum Gasteiger partial charge on any atom is 0.00958 e. The molecule has 1 aromatic rings. The molecule has 3 rings (SSSR count). The Morgan fingerprint density at radius 2 is 1.55 bits per heavy atom. The summed E-state index contributed by atoms with van der Waals surface area (Å²) in [6, 6.07) is 12.0. The Morgan fingerprint density at radius 1 is 0.900 bits per heavy atom. The van der Waals surface area contributed by atoms with Crippen molar-refractivity contribution in [3.05, 3.63) is 35.9 Å². The first-order valence-corrected chi connectivity index (χ1v) is 8.62. The van der Waals surface area contributed by atoms with Gasteiger partial charge in [-0.3, -0.25) is 0 Å². The number of hydrogen-bond acceptors (Lipinski definition) is 1. The molecule has 0 spiro atoms. The van der Waals surface area contributed by atoms with E-state index in [4.69, 9.17) is 0 Å². The van der Waals surface area contributed by atoms with Crippen LogP contribution < -0.4 is 0 Å². The third-order valence-corrected chi connectivity index (χ3v) is 4.94. The van der Waals surface area contributed by atoms with Crippen LogP contribution in [0.1, 0.15) is 64.4 Å². The van der Waals surface area contributed by atoms with E-state index in [9.17, 15) is 0 Å². The molecule has 1 atom stereocenters. The van der Waals surface area contributed by atoms with Crippen molar-refractivity contribution >= 4 is 0 Å². The lowest BCUT2D eigenvalue weighted by Crippen LogP contribution is -2.36. The van der Waals surface area contributed by atoms with Crippen molar-refractivity contribution in [3.63, 3.8) is 0 Å². The lowest BCUT2D eigenvalue weighted by atomic mass is 9.81. The first kappa shape index (κ1) is 15.6. The minimum Gasteiger partial charge on any atom is -0.300 e. The van der Waals surface area contributed by atoms with E-state index in [0.717, 1.165) is 17.9 Å². The van der Waals surface area contributed by atoms with Crippen molar-refractivity contribution in [3.8, 4) is 0 Å². The fraction of sp³-hybridized carbons (Fsp3) is 0.684. The van der Waals surface area contributed by atoms with Crippen molar-refractivity contribution in [2.24, 2.45) is 5.92 Å². The molecule has 0 radical (unpaired) electrons. The number of likely N-dealkylation sites (tertiary alicyclic amines) is 1. The predicted molar refractivity (Wildman–Crippen MR) is 88.1 cm³/mol. The van der Waals surface area contributed by atoms with Crippen LogP contribution in [0.5, 0.6) is 0 Å². The summed E-state index contributed by atoms with van der Waals surface area (Å²) in [7, 11) is 0. The van der Waals surface area contributed by atoms with Gasteiger partial charge in [0.15, 0.2) is 0 Å². The molecule has 0 aromatic heterocycles. The van der Waals surface area contributed by atoms with Crippen molar-refractivity contribution in [1.82, 2.24) is 4.90 Å². The quantitative estimate of drug-likeness (QED) is 0.726. The Kier molecular flexibility index (Phi) is 6.09. The highest BCUT2D eigenvalue weighted by atomic mass is 15.2. The van der Waals surface area contributed by atoms with Gasteiger partial charge in [-0.15, -0.1) is 0 Å². The van der Waals surface area contributed by atoms with E-state index in [1.165, 1.54) is 45.2 Å². The zero-order valence-corrected chi connectivity index (χ0v) is 13.5. The molecule has 1 aromatic carbocycles. The zero-order chi connectivity index (χ0) is 14.4. The lowest BCUT2D eigenvalue weighted by Gasteiger charge is -2.34. The highest BCUT2D eigenvalue weighted by Gasteiger charge is 2.29. The molecule has 2 aliphatic rings. The van der Waals surface area contributed by atoms with Gasteiger partial charge >= 0.3 is 0 Å². The summed E-state index contributed by atoms with van der Waals surface area (Å²) in [5.41, 5.74) is 1.56.